The highest BCUT2D eigenvalue weighted by Gasteiger charge is 2.40. The second-order valence-corrected chi connectivity index (χ2v) is 4.45. The molecule has 1 aromatic carbocycles. The molecule has 0 bridgehead atoms. The van der Waals surface area contributed by atoms with Crippen molar-refractivity contribution in [3.8, 4) is 0 Å². The summed E-state index contributed by atoms with van der Waals surface area (Å²) in [6.07, 6.45) is 0. The molecule has 0 atom stereocenters. The molecule has 0 saturated carbocycles. The fourth-order valence-electron chi connectivity index (χ4n) is 1.54. The second kappa shape index (κ2) is 4.93. The number of rotatable bonds is 2. The number of methoxy groups -OCH3 is 1. The van der Waals surface area contributed by atoms with E-state index in [0.717, 1.165) is 13.2 Å². The minimum Gasteiger partial charge on any atom is -0.465 e. The number of carbonyl (C=O) groups is 3. The Hall–Kier alpha value is -2.02. The SMILES string of the molecule is COC(=O)C1=C(c2cc(Br)ccc2F)OC(=O)C1=O. The van der Waals surface area contributed by atoms with Crippen molar-refractivity contribution in [2.75, 3.05) is 7.11 Å². The zero-order valence-electron chi connectivity index (χ0n) is 9.53. The number of cyclic esters (lactones) is 1. The minimum absolute atomic E-state index is 0.172. The van der Waals surface area contributed by atoms with Crippen molar-refractivity contribution in [3.05, 3.63) is 39.6 Å². The van der Waals surface area contributed by atoms with E-state index in [-0.39, 0.29) is 5.56 Å². The number of benzene rings is 1. The first kappa shape index (κ1) is 13.4. The van der Waals surface area contributed by atoms with Crippen molar-refractivity contribution in [1.29, 1.82) is 0 Å². The van der Waals surface area contributed by atoms with Crippen molar-refractivity contribution >= 4 is 39.4 Å². The summed E-state index contributed by atoms with van der Waals surface area (Å²) in [5.41, 5.74) is -0.779. The van der Waals surface area contributed by atoms with Crippen molar-refractivity contribution in [2.24, 2.45) is 0 Å². The van der Waals surface area contributed by atoms with Crippen LogP contribution in [0.1, 0.15) is 5.56 Å². The van der Waals surface area contributed by atoms with Crippen LogP contribution in [0.4, 0.5) is 4.39 Å². The minimum atomic E-state index is -1.24. The lowest BCUT2D eigenvalue weighted by Gasteiger charge is -2.05. The Morgan fingerprint density at radius 3 is 2.68 bits per heavy atom. The van der Waals surface area contributed by atoms with Gasteiger partial charge in [-0.1, -0.05) is 15.9 Å². The fourth-order valence-corrected chi connectivity index (χ4v) is 1.90. The fraction of sp³-hybridized carbons (Fsp3) is 0.0833. The Bertz CT molecular complexity index is 635. The maximum atomic E-state index is 13.7. The van der Waals surface area contributed by atoms with Gasteiger partial charge in [-0.2, -0.15) is 0 Å². The first-order chi connectivity index (χ1) is 8.95. The van der Waals surface area contributed by atoms with E-state index >= 15 is 0 Å². The van der Waals surface area contributed by atoms with Crippen molar-refractivity contribution < 1.29 is 28.2 Å². The third kappa shape index (κ3) is 2.28. The summed E-state index contributed by atoms with van der Waals surface area (Å²) in [6.45, 7) is 0. The maximum absolute atomic E-state index is 13.7. The summed E-state index contributed by atoms with van der Waals surface area (Å²) in [5, 5.41) is 0. The number of halogens is 2. The van der Waals surface area contributed by atoms with Gasteiger partial charge in [-0.15, -0.1) is 0 Å². The van der Waals surface area contributed by atoms with E-state index in [9.17, 15) is 18.8 Å². The predicted molar refractivity (Wildman–Crippen MR) is 64.1 cm³/mol. The van der Waals surface area contributed by atoms with E-state index in [1.54, 1.807) is 0 Å². The highest BCUT2D eigenvalue weighted by molar-refractivity contribution is 9.10. The Balaban J connectivity index is 2.66. The summed E-state index contributed by atoms with van der Waals surface area (Å²) in [4.78, 5) is 34.2. The van der Waals surface area contributed by atoms with Gasteiger partial charge in [0.05, 0.1) is 12.7 Å². The molecule has 0 amide bonds. The maximum Gasteiger partial charge on any atom is 0.385 e. The lowest BCUT2D eigenvalue weighted by molar-refractivity contribution is -0.146. The van der Waals surface area contributed by atoms with Gasteiger partial charge in [0.2, 0.25) is 0 Å². The molecule has 0 radical (unpaired) electrons. The Labute approximate surface area is 115 Å². The summed E-state index contributed by atoms with van der Waals surface area (Å²) in [6, 6.07) is 3.83. The van der Waals surface area contributed by atoms with Crippen LogP contribution in [0.15, 0.2) is 28.2 Å². The van der Waals surface area contributed by atoms with Gasteiger partial charge in [-0.3, -0.25) is 4.79 Å². The van der Waals surface area contributed by atoms with E-state index in [0.29, 0.717) is 4.47 Å². The van der Waals surface area contributed by atoms with Crippen molar-refractivity contribution in [3.63, 3.8) is 0 Å². The van der Waals surface area contributed by atoms with Crippen LogP contribution < -0.4 is 0 Å². The number of esters is 2. The van der Waals surface area contributed by atoms with Gasteiger partial charge < -0.3 is 9.47 Å². The molecule has 7 heteroatoms. The molecule has 0 unspecified atom stereocenters. The van der Waals surface area contributed by atoms with E-state index in [2.05, 4.69) is 25.4 Å². The predicted octanol–water partition coefficient (Wildman–Crippen LogP) is 1.60. The first-order valence-corrected chi connectivity index (χ1v) is 5.79. The normalized spacial score (nSPS) is 14.7. The number of ether oxygens (including phenoxy) is 2. The molecule has 1 heterocycles. The van der Waals surface area contributed by atoms with E-state index in [1.807, 2.05) is 0 Å². The number of carbonyl (C=O) groups excluding carboxylic acids is 3. The van der Waals surface area contributed by atoms with E-state index in [1.165, 1.54) is 12.1 Å². The average molecular weight is 329 g/mol. The van der Waals surface area contributed by atoms with E-state index < -0.39 is 34.9 Å². The topological polar surface area (TPSA) is 69.7 Å². The molecule has 0 N–H and O–H groups in total. The van der Waals surface area contributed by atoms with Gasteiger partial charge in [0, 0.05) is 4.47 Å². The second-order valence-electron chi connectivity index (χ2n) is 3.54. The summed E-state index contributed by atoms with van der Waals surface area (Å²) < 4.78 is 23.3. The van der Waals surface area contributed by atoms with Crippen LogP contribution in [0.5, 0.6) is 0 Å². The third-order valence-electron chi connectivity index (χ3n) is 2.40. The quantitative estimate of drug-likeness (QED) is 0.468. The molecule has 2 rings (SSSR count). The van der Waals surface area contributed by atoms with Gasteiger partial charge in [0.25, 0.3) is 5.78 Å². The zero-order valence-corrected chi connectivity index (χ0v) is 11.1. The van der Waals surface area contributed by atoms with Crippen LogP contribution in [-0.2, 0) is 23.9 Å². The molecule has 1 aromatic rings. The van der Waals surface area contributed by atoms with Crippen LogP contribution >= 0.6 is 15.9 Å². The molecular weight excluding hydrogens is 323 g/mol. The highest BCUT2D eigenvalue weighted by atomic mass is 79.9. The van der Waals surface area contributed by atoms with Gasteiger partial charge in [0.15, 0.2) is 11.3 Å². The Morgan fingerprint density at radius 1 is 1.37 bits per heavy atom. The van der Waals surface area contributed by atoms with Crippen LogP contribution in [0, 0.1) is 5.82 Å². The molecule has 0 saturated heterocycles. The zero-order chi connectivity index (χ0) is 14.2. The number of ketones is 1. The molecule has 0 fully saturated rings. The molecule has 98 valence electrons. The largest absolute Gasteiger partial charge is 0.465 e. The van der Waals surface area contributed by atoms with Gasteiger partial charge >= 0.3 is 11.9 Å². The average Bonchev–Trinajstić information content (AvgIpc) is 2.68. The van der Waals surface area contributed by atoms with Gasteiger partial charge in [-0.05, 0) is 18.2 Å². The number of hydrogen-bond donors (Lipinski definition) is 0. The molecule has 1 aliphatic heterocycles. The van der Waals surface area contributed by atoms with Crippen LogP contribution in [0.3, 0.4) is 0 Å². The summed E-state index contributed by atoms with van der Waals surface area (Å²) in [5.74, 6) is -4.61. The Morgan fingerprint density at radius 2 is 2.05 bits per heavy atom. The standard InChI is InChI=1S/C12H6BrFO5/c1-18-11(16)8-9(15)12(17)19-10(8)6-4-5(13)2-3-7(6)14/h2-4H,1H3. The molecule has 0 aromatic heterocycles. The van der Waals surface area contributed by atoms with Crippen LogP contribution in [0.2, 0.25) is 0 Å². The monoisotopic (exact) mass is 328 g/mol. The third-order valence-corrected chi connectivity index (χ3v) is 2.89. The number of Topliss-reactive ketones (excluding diaryl/α,β-unsaturated/α-hetero) is 1. The van der Waals surface area contributed by atoms with Crippen molar-refractivity contribution in [2.45, 2.75) is 0 Å². The summed E-state index contributed by atoms with van der Waals surface area (Å²) in [7, 11) is 1.04. The molecule has 1 aliphatic rings. The smallest absolute Gasteiger partial charge is 0.385 e. The lowest BCUT2D eigenvalue weighted by atomic mass is 10.1. The van der Waals surface area contributed by atoms with Crippen molar-refractivity contribution in [1.82, 2.24) is 0 Å². The lowest BCUT2D eigenvalue weighted by Crippen LogP contribution is -2.16. The van der Waals surface area contributed by atoms with Gasteiger partial charge in [0.1, 0.15) is 5.82 Å². The van der Waals surface area contributed by atoms with Crippen LogP contribution in [0.25, 0.3) is 5.76 Å². The molecule has 5 nitrogen and oxygen atoms in total. The molecular formula is C12H6BrFO5. The van der Waals surface area contributed by atoms with E-state index in [4.69, 9.17) is 0 Å². The van der Waals surface area contributed by atoms with Crippen LogP contribution in [-0.4, -0.2) is 24.8 Å². The molecule has 0 aliphatic carbocycles. The summed E-state index contributed by atoms with van der Waals surface area (Å²) >= 11 is 3.12. The molecule has 0 spiro atoms. The highest BCUT2D eigenvalue weighted by Crippen LogP contribution is 2.31. The number of hydrogen-bond acceptors (Lipinski definition) is 5. The molecule has 19 heavy (non-hydrogen) atoms. The Kier molecular flexibility index (Phi) is 3.48. The van der Waals surface area contributed by atoms with Gasteiger partial charge in [-0.25, -0.2) is 14.0 Å². The first-order valence-electron chi connectivity index (χ1n) is 5.00.